The third-order valence-corrected chi connectivity index (χ3v) is 1.25. The lowest BCUT2D eigenvalue weighted by Crippen LogP contribution is -1.80. The molecular weight excluding hydrogens is 112 g/mol. The normalized spacial score (nSPS) is 9.56. The fraction of sp³-hybridized carbons (Fsp3) is 0.250. The van der Waals surface area contributed by atoms with Crippen molar-refractivity contribution in [2.75, 3.05) is 0 Å². The van der Waals surface area contributed by atoms with Crippen molar-refractivity contribution in [3.8, 4) is 0 Å². The van der Waals surface area contributed by atoms with E-state index >= 15 is 0 Å². The van der Waals surface area contributed by atoms with Crippen LogP contribution in [0.2, 0.25) is 0 Å². The molecule has 1 aromatic carbocycles. The van der Waals surface area contributed by atoms with E-state index in [0.717, 1.165) is 11.1 Å². The van der Waals surface area contributed by atoms with E-state index in [1.165, 1.54) is 0 Å². The van der Waals surface area contributed by atoms with Crippen LogP contribution in [0.4, 0.5) is 0 Å². The highest BCUT2D eigenvalue weighted by Gasteiger charge is 1.87. The first kappa shape index (κ1) is 6.30. The first-order chi connectivity index (χ1) is 4.33. The predicted molar refractivity (Wildman–Crippen MR) is 35.6 cm³/mol. The molecule has 47 valence electrons. The van der Waals surface area contributed by atoms with Crippen molar-refractivity contribution in [2.24, 2.45) is 0 Å². The van der Waals surface area contributed by atoms with E-state index in [1.807, 2.05) is 31.2 Å². The highest BCUT2D eigenvalue weighted by atomic mass is 16.3. The van der Waals surface area contributed by atoms with Crippen LogP contribution in [0.25, 0.3) is 0 Å². The van der Waals surface area contributed by atoms with Gasteiger partial charge in [-0.15, -0.1) is 0 Å². The van der Waals surface area contributed by atoms with Gasteiger partial charge in [-0.3, -0.25) is 0 Å². The van der Waals surface area contributed by atoms with E-state index in [4.69, 9.17) is 0 Å². The molecule has 0 saturated heterocycles. The number of rotatable bonds is 1. The van der Waals surface area contributed by atoms with Crippen molar-refractivity contribution < 1.29 is 5.11 Å². The fourth-order valence-electron chi connectivity index (χ4n) is 0.802. The van der Waals surface area contributed by atoms with E-state index in [9.17, 15) is 5.11 Å². The van der Waals surface area contributed by atoms with Crippen LogP contribution in [-0.4, -0.2) is 0 Å². The van der Waals surface area contributed by atoms with Gasteiger partial charge < -0.3 is 0 Å². The van der Waals surface area contributed by atoms with E-state index in [0.29, 0.717) is 0 Å². The van der Waals surface area contributed by atoms with Crippen LogP contribution in [0.1, 0.15) is 11.1 Å². The molecule has 0 bridgehead atoms. The predicted octanol–water partition coefficient (Wildman–Crippen LogP) is 1.93. The van der Waals surface area contributed by atoms with Gasteiger partial charge in [-0.2, -0.15) is 0 Å². The lowest BCUT2D eigenvalue weighted by atomic mass is 10.1. The molecule has 0 unspecified atom stereocenters. The van der Waals surface area contributed by atoms with Crippen molar-refractivity contribution >= 4 is 0 Å². The average Bonchev–Trinajstić information content (AvgIpc) is 1.88. The van der Waals surface area contributed by atoms with Gasteiger partial charge in [-0.25, -0.2) is 5.11 Å². The first-order valence-corrected chi connectivity index (χ1v) is 2.96. The minimum atomic E-state index is -0.109. The molecular formula is C8H9O. The van der Waals surface area contributed by atoms with Crippen molar-refractivity contribution in [1.29, 1.82) is 0 Å². The summed E-state index contributed by atoms with van der Waals surface area (Å²) in [5.41, 5.74) is 2.03. The van der Waals surface area contributed by atoms with Gasteiger partial charge in [0.1, 0.15) is 6.61 Å². The minimum absolute atomic E-state index is 0.109. The smallest absolute Gasteiger partial charge is 0.107 e. The molecule has 1 nitrogen and oxygen atoms in total. The molecule has 0 aliphatic rings. The van der Waals surface area contributed by atoms with Gasteiger partial charge in [0, 0.05) is 0 Å². The molecule has 0 N–H and O–H groups in total. The zero-order valence-corrected chi connectivity index (χ0v) is 5.42. The molecule has 0 atom stereocenters. The van der Waals surface area contributed by atoms with Crippen LogP contribution in [0.15, 0.2) is 24.3 Å². The Labute approximate surface area is 55.0 Å². The quantitative estimate of drug-likeness (QED) is 0.541. The fourth-order valence-corrected chi connectivity index (χ4v) is 0.802. The van der Waals surface area contributed by atoms with Crippen molar-refractivity contribution in [1.82, 2.24) is 0 Å². The number of hydrogen-bond donors (Lipinski definition) is 0. The highest BCUT2D eigenvalue weighted by Crippen LogP contribution is 2.02. The Morgan fingerprint density at radius 3 is 2.67 bits per heavy atom. The molecule has 0 fully saturated rings. The van der Waals surface area contributed by atoms with Crippen molar-refractivity contribution in [3.63, 3.8) is 0 Å². The van der Waals surface area contributed by atoms with Gasteiger partial charge in [-0.05, 0) is 12.5 Å². The first-order valence-electron chi connectivity index (χ1n) is 2.96. The Balaban J connectivity index is 2.94. The Morgan fingerprint density at radius 2 is 2.22 bits per heavy atom. The Bertz CT molecular complexity index is 194. The van der Waals surface area contributed by atoms with Gasteiger partial charge in [0.15, 0.2) is 0 Å². The second kappa shape index (κ2) is 2.65. The third-order valence-electron chi connectivity index (χ3n) is 1.25. The molecule has 0 spiro atoms. The Kier molecular flexibility index (Phi) is 1.85. The van der Waals surface area contributed by atoms with Crippen LogP contribution >= 0.6 is 0 Å². The minimum Gasteiger partial charge on any atom is -0.232 e. The highest BCUT2D eigenvalue weighted by molar-refractivity contribution is 5.21. The van der Waals surface area contributed by atoms with Crippen LogP contribution in [0, 0.1) is 6.92 Å². The summed E-state index contributed by atoms with van der Waals surface area (Å²) in [5.74, 6) is 0. The number of aryl methyl sites for hydroxylation is 1. The monoisotopic (exact) mass is 121 g/mol. The molecule has 1 radical (unpaired) electrons. The summed E-state index contributed by atoms with van der Waals surface area (Å²) in [7, 11) is 0. The van der Waals surface area contributed by atoms with Crippen LogP contribution in [-0.2, 0) is 11.7 Å². The van der Waals surface area contributed by atoms with Crippen LogP contribution in [0.3, 0.4) is 0 Å². The van der Waals surface area contributed by atoms with Gasteiger partial charge in [0.2, 0.25) is 0 Å². The van der Waals surface area contributed by atoms with Gasteiger partial charge in [-0.1, -0.05) is 29.8 Å². The van der Waals surface area contributed by atoms with E-state index in [-0.39, 0.29) is 6.61 Å². The lowest BCUT2D eigenvalue weighted by molar-refractivity contribution is 0.177. The number of benzene rings is 1. The summed E-state index contributed by atoms with van der Waals surface area (Å²) in [6.45, 7) is 1.88. The summed E-state index contributed by atoms with van der Waals surface area (Å²) in [6.07, 6.45) is 0. The Hall–Kier alpha value is -0.820. The van der Waals surface area contributed by atoms with Crippen LogP contribution < -0.4 is 0 Å². The largest absolute Gasteiger partial charge is 0.232 e. The molecule has 1 aromatic rings. The topological polar surface area (TPSA) is 19.9 Å². The second-order valence-corrected chi connectivity index (χ2v) is 2.13. The van der Waals surface area contributed by atoms with E-state index in [1.54, 1.807) is 0 Å². The molecule has 9 heavy (non-hydrogen) atoms. The molecule has 0 aromatic heterocycles. The molecule has 1 heteroatoms. The maximum Gasteiger partial charge on any atom is 0.107 e. The van der Waals surface area contributed by atoms with Crippen molar-refractivity contribution in [2.45, 2.75) is 13.5 Å². The van der Waals surface area contributed by atoms with Crippen molar-refractivity contribution in [3.05, 3.63) is 35.4 Å². The molecule has 0 aliphatic carbocycles. The van der Waals surface area contributed by atoms with Crippen LogP contribution in [0.5, 0.6) is 0 Å². The van der Waals surface area contributed by atoms with E-state index < -0.39 is 0 Å². The number of hydrogen-bond acceptors (Lipinski definition) is 0. The second-order valence-electron chi connectivity index (χ2n) is 2.13. The summed E-state index contributed by atoms with van der Waals surface area (Å²) in [5, 5.41) is 10.3. The molecule has 0 heterocycles. The van der Waals surface area contributed by atoms with Gasteiger partial charge in [0.25, 0.3) is 0 Å². The summed E-state index contributed by atoms with van der Waals surface area (Å²) >= 11 is 0. The zero-order chi connectivity index (χ0) is 6.69. The standard InChI is InChI=1S/C8H9O/c1-7-3-2-4-8(5-7)6-9/h2-5H,6H2,1H3. The molecule has 0 saturated carbocycles. The van der Waals surface area contributed by atoms with Gasteiger partial charge >= 0.3 is 0 Å². The summed E-state index contributed by atoms with van der Waals surface area (Å²) in [4.78, 5) is 0. The Morgan fingerprint density at radius 1 is 1.44 bits per heavy atom. The lowest BCUT2D eigenvalue weighted by Gasteiger charge is -1.93. The summed E-state index contributed by atoms with van der Waals surface area (Å²) in [6, 6.07) is 7.65. The zero-order valence-electron chi connectivity index (χ0n) is 5.42. The molecule has 0 amide bonds. The van der Waals surface area contributed by atoms with E-state index in [2.05, 4.69) is 0 Å². The third kappa shape index (κ3) is 1.54. The maximum atomic E-state index is 10.3. The molecule has 0 aliphatic heterocycles. The molecule has 1 rings (SSSR count). The maximum absolute atomic E-state index is 10.3. The average molecular weight is 121 g/mol. The summed E-state index contributed by atoms with van der Waals surface area (Å²) < 4.78 is 0. The van der Waals surface area contributed by atoms with Gasteiger partial charge in [0.05, 0.1) is 0 Å². The SMILES string of the molecule is Cc1cccc(C[O])c1.